The highest BCUT2D eigenvalue weighted by Gasteiger charge is 2.14. The van der Waals surface area contributed by atoms with E-state index < -0.39 is 0 Å². The third kappa shape index (κ3) is 3.84. The van der Waals surface area contributed by atoms with Gasteiger partial charge < -0.3 is 10.2 Å². The Morgan fingerprint density at radius 1 is 1.50 bits per heavy atom. The number of hydrogen-bond acceptors (Lipinski definition) is 3. The van der Waals surface area contributed by atoms with Gasteiger partial charge in [-0.1, -0.05) is 6.92 Å². The summed E-state index contributed by atoms with van der Waals surface area (Å²) in [6.45, 7) is 6.77. The second-order valence-electron chi connectivity index (χ2n) is 4.88. The molecule has 1 aromatic heterocycles. The van der Waals surface area contributed by atoms with Crippen molar-refractivity contribution < 1.29 is 4.79 Å². The lowest BCUT2D eigenvalue weighted by molar-refractivity contribution is -0.130. The molecular weight excluding hydrogens is 228 g/mol. The Hall–Kier alpha value is -1.36. The molecule has 0 saturated heterocycles. The molecule has 5 nitrogen and oxygen atoms in total. The first-order valence-corrected chi connectivity index (χ1v) is 6.44. The molecule has 0 bridgehead atoms. The van der Waals surface area contributed by atoms with Crippen LogP contribution in [0.5, 0.6) is 0 Å². The summed E-state index contributed by atoms with van der Waals surface area (Å²) in [5, 5.41) is 7.67. The normalized spacial score (nSPS) is 14.3. The standard InChI is InChI=1S/C13H24N4O/c1-6-10(2)17-8-7-12(15-17)9-14-11(3)13(18)16(4)5/h7-8,10-11,14H,6,9H2,1-5H3. The van der Waals surface area contributed by atoms with Crippen molar-refractivity contribution in [3.63, 3.8) is 0 Å². The highest BCUT2D eigenvalue weighted by molar-refractivity contribution is 5.80. The van der Waals surface area contributed by atoms with Crippen molar-refractivity contribution in [3.05, 3.63) is 18.0 Å². The summed E-state index contributed by atoms with van der Waals surface area (Å²) in [4.78, 5) is 13.3. The molecule has 18 heavy (non-hydrogen) atoms. The average Bonchev–Trinajstić information content (AvgIpc) is 2.82. The minimum absolute atomic E-state index is 0.0800. The maximum atomic E-state index is 11.7. The first-order valence-electron chi connectivity index (χ1n) is 6.44. The summed E-state index contributed by atoms with van der Waals surface area (Å²) in [6.07, 6.45) is 3.05. The van der Waals surface area contributed by atoms with E-state index in [1.54, 1.807) is 19.0 Å². The molecule has 102 valence electrons. The molecule has 0 aliphatic carbocycles. The van der Waals surface area contributed by atoms with Crippen molar-refractivity contribution in [2.45, 2.75) is 45.8 Å². The smallest absolute Gasteiger partial charge is 0.238 e. The van der Waals surface area contributed by atoms with Crippen LogP contribution in [0.2, 0.25) is 0 Å². The van der Waals surface area contributed by atoms with Crippen molar-refractivity contribution in [1.29, 1.82) is 0 Å². The van der Waals surface area contributed by atoms with Gasteiger partial charge in [-0.15, -0.1) is 0 Å². The quantitative estimate of drug-likeness (QED) is 0.833. The van der Waals surface area contributed by atoms with Gasteiger partial charge in [0, 0.05) is 32.9 Å². The Morgan fingerprint density at radius 3 is 2.72 bits per heavy atom. The van der Waals surface area contributed by atoms with Gasteiger partial charge in [0.1, 0.15) is 0 Å². The van der Waals surface area contributed by atoms with Gasteiger partial charge in [0.15, 0.2) is 0 Å². The molecule has 0 spiro atoms. The molecule has 2 atom stereocenters. The Labute approximate surface area is 109 Å². The topological polar surface area (TPSA) is 50.2 Å². The van der Waals surface area contributed by atoms with E-state index in [2.05, 4.69) is 24.3 Å². The lowest BCUT2D eigenvalue weighted by Gasteiger charge is -2.17. The molecule has 0 saturated carbocycles. The molecule has 1 rings (SSSR count). The van der Waals surface area contributed by atoms with E-state index in [9.17, 15) is 4.79 Å². The van der Waals surface area contributed by atoms with Crippen LogP contribution in [-0.4, -0.2) is 40.7 Å². The van der Waals surface area contributed by atoms with Gasteiger partial charge in [0.25, 0.3) is 0 Å². The molecule has 0 aliphatic heterocycles. The van der Waals surface area contributed by atoms with E-state index in [4.69, 9.17) is 0 Å². The molecule has 1 N–H and O–H groups in total. The third-order valence-corrected chi connectivity index (χ3v) is 3.11. The molecule has 0 fully saturated rings. The summed E-state index contributed by atoms with van der Waals surface area (Å²) < 4.78 is 1.97. The van der Waals surface area contributed by atoms with E-state index in [0.29, 0.717) is 12.6 Å². The van der Waals surface area contributed by atoms with Crippen molar-refractivity contribution in [1.82, 2.24) is 20.0 Å². The summed E-state index contributed by atoms with van der Waals surface area (Å²) in [6, 6.07) is 2.22. The maximum Gasteiger partial charge on any atom is 0.238 e. The van der Waals surface area contributed by atoms with E-state index in [1.165, 1.54) is 0 Å². The maximum absolute atomic E-state index is 11.7. The fraction of sp³-hybridized carbons (Fsp3) is 0.692. The van der Waals surface area contributed by atoms with Crippen LogP contribution in [0.4, 0.5) is 0 Å². The Morgan fingerprint density at radius 2 is 2.17 bits per heavy atom. The number of carbonyl (C=O) groups excluding carboxylic acids is 1. The van der Waals surface area contributed by atoms with Gasteiger partial charge in [-0.3, -0.25) is 9.48 Å². The minimum atomic E-state index is -0.186. The zero-order valence-electron chi connectivity index (χ0n) is 12.0. The van der Waals surface area contributed by atoms with Gasteiger partial charge >= 0.3 is 0 Å². The van der Waals surface area contributed by atoms with Gasteiger partial charge in [-0.25, -0.2) is 0 Å². The largest absolute Gasteiger partial charge is 0.347 e. The molecule has 0 aliphatic rings. The lowest BCUT2D eigenvalue weighted by Crippen LogP contribution is -2.41. The zero-order chi connectivity index (χ0) is 13.7. The molecule has 0 aromatic carbocycles. The van der Waals surface area contributed by atoms with Crippen LogP contribution in [0.3, 0.4) is 0 Å². The van der Waals surface area contributed by atoms with Crippen LogP contribution in [0.15, 0.2) is 12.3 Å². The Balaban J connectivity index is 2.49. The van der Waals surface area contributed by atoms with Crippen LogP contribution in [0, 0.1) is 0 Å². The van der Waals surface area contributed by atoms with Crippen molar-refractivity contribution >= 4 is 5.91 Å². The molecule has 0 radical (unpaired) electrons. The van der Waals surface area contributed by atoms with Crippen LogP contribution in [0.25, 0.3) is 0 Å². The third-order valence-electron chi connectivity index (χ3n) is 3.11. The highest BCUT2D eigenvalue weighted by Crippen LogP contribution is 2.09. The molecular formula is C13H24N4O. The number of rotatable bonds is 6. The second-order valence-corrected chi connectivity index (χ2v) is 4.88. The summed E-state index contributed by atoms with van der Waals surface area (Å²) in [7, 11) is 3.52. The minimum Gasteiger partial charge on any atom is -0.347 e. The lowest BCUT2D eigenvalue weighted by atomic mass is 10.3. The van der Waals surface area contributed by atoms with Gasteiger partial charge in [0.05, 0.1) is 11.7 Å². The molecule has 1 aromatic rings. The molecule has 1 heterocycles. The number of aromatic nitrogens is 2. The van der Waals surface area contributed by atoms with Crippen LogP contribution < -0.4 is 5.32 Å². The predicted molar refractivity (Wildman–Crippen MR) is 72.2 cm³/mol. The van der Waals surface area contributed by atoms with E-state index in [1.807, 2.05) is 23.9 Å². The van der Waals surface area contributed by atoms with Gasteiger partial charge in [-0.05, 0) is 26.3 Å². The summed E-state index contributed by atoms with van der Waals surface area (Å²) in [5.74, 6) is 0.0800. The number of likely N-dealkylation sites (N-methyl/N-ethyl adjacent to an activating group) is 1. The number of hydrogen-bond donors (Lipinski definition) is 1. The summed E-state index contributed by atoms with van der Waals surface area (Å²) >= 11 is 0. The van der Waals surface area contributed by atoms with Gasteiger partial charge in [0.2, 0.25) is 5.91 Å². The molecule has 1 amide bonds. The number of carbonyl (C=O) groups is 1. The predicted octanol–water partition coefficient (Wildman–Crippen LogP) is 1.42. The van der Waals surface area contributed by atoms with E-state index in [0.717, 1.165) is 12.1 Å². The number of nitrogens with zero attached hydrogens (tertiary/aromatic N) is 3. The van der Waals surface area contributed by atoms with Crippen LogP contribution in [-0.2, 0) is 11.3 Å². The van der Waals surface area contributed by atoms with Crippen molar-refractivity contribution in [2.75, 3.05) is 14.1 Å². The molecule has 2 unspecified atom stereocenters. The SMILES string of the molecule is CCC(C)n1ccc(CNC(C)C(=O)N(C)C)n1. The fourth-order valence-corrected chi connectivity index (χ4v) is 1.64. The number of amides is 1. The van der Waals surface area contributed by atoms with Crippen LogP contribution in [0.1, 0.15) is 38.9 Å². The molecule has 5 heteroatoms. The van der Waals surface area contributed by atoms with E-state index >= 15 is 0 Å². The van der Waals surface area contributed by atoms with Gasteiger partial charge in [-0.2, -0.15) is 5.10 Å². The zero-order valence-corrected chi connectivity index (χ0v) is 12.0. The first-order chi connectivity index (χ1) is 8.45. The monoisotopic (exact) mass is 252 g/mol. The number of nitrogens with one attached hydrogen (secondary N) is 1. The second kappa shape index (κ2) is 6.54. The van der Waals surface area contributed by atoms with Crippen molar-refractivity contribution in [3.8, 4) is 0 Å². The summed E-state index contributed by atoms with van der Waals surface area (Å²) in [5.41, 5.74) is 0.966. The highest BCUT2D eigenvalue weighted by atomic mass is 16.2. The first kappa shape index (κ1) is 14.7. The van der Waals surface area contributed by atoms with Crippen LogP contribution >= 0.6 is 0 Å². The fourth-order valence-electron chi connectivity index (χ4n) is 1.64. The van der Waals surface area contributed by atoms with E-state index in [-0.39, 0.29) is 11.9 Å². The Bertz CT molecular complexity index is 386. The van der Waals surface area contributed by atoms with Crippen molar-refractivity contribution in [2.24, 2.45) is 0 Å². The Kier molecular flexibility index (Phi) is 5.34. The average molecular weight is 252 g/mol.